The number of benzene rings is 1. The van der Waals surface area contributed by atoms with Crippen molar-refractivity contribution in [2.45, 2.75) is 26.5 Å². The van der Waals surface area contributed by atoms with Crippen LogP contribution < -0.4 is 0 Å². The number of hydrogen-bond acceptors (Lipinski definition) is 6. The van der Waals surface area contributed by atoms with E-state index in [1.165, 1.54) is 29.5 Å². The molecule has 0 bridgehead atoms. The minimum atomic E-state index is -1.08. The Morgan fingerprint density at radius 3 is 2.57 bits per heavy atom. The molecule has 3 heterocycles. The van der Waals surface area contributed by atoms with Crippen LogP contribution >= 0.6 is 0 Å². The zero-order valence-electron chi connectivity index (χ0n) is 16.5. The first-order valence-corrected chi connectivity index (χ1v) is 9.60. The quantitative estimate of drug-likeness (QED) is 0.579. The van der Waals surface area contributed by atoms with Crippen LogP contribution in [-0.2, 0) is 20.8 Å². The average molecular weight is 414 g/mol. The van der Waals surface area contributed by atoms with Crippen LogP contribution in [0.2, 0.25) is 0 Å². The molecule has 0 N–H and O–H groups in total. The molecule has 0 amide bonds. The van der Waals surface area contributed by atoms with Crippen LogP contribution in [0.1, 0.15) is 19.5 Å². The van der Waals surface area contributed by atoms with E-state index in [2.05, 4.69) is 9.98 Å². The van der Waals surface area contributed by atoms with E-state index >= 15 is 0 Å². The molecule has 1 atom stereocenters. The number of rotatable bonds is 6. The molecule has 1 aliphatic heterocycles. The van der Waals surface area contributed by atoms with Gasteiger partial charge in [0.25, 0.3) is 6.23 Å². The van der Waals surface area contributed by atoms with E-state index in [0.29, 0.717) is 35.0 Å². The standard InChI is InChI=1S/C21H20F2N4O3/c1-3-27-18(25-20(30-27)21(28)29-4-2)11-16-19(13-5-7-14(22)8-6-13)24-17-10-9-15(23)12-26(16)17/h5-10,12,20H,3-4,11H2,1-2H3. The molecule has 1 aliphatic rings. The molecule has 0 saturated heterocycles. The fourth-order valence-electron chi connectivity index (χ4n) is 3.33. The Labute approximate surface area is 171 Å². The molecule has 2 aromatic heterocycles. The van der Waals surface area contributed by atoms with E-state index in [-0.39, 0.29) is 18.8 Å². The van der Waals surface area contributed by atoms with Gasteiger partial charge in [0.05, 0.1) is 24.4 Å². The van der Waals surface area contributed by atoms with Gasteiger partial charge in [0, 0.05) is 18.3 Å². The summed E-state index contributed by atoms with van der Waals surface area (Å²) in [6.45, 7) is 4.23. The Bertz CT molecular complexity index is 1110. The molecular weight excluding hydrogens is 394 g/mol. The number of pyridine rings is 1. The second kappa shape index (κ2) is 8.19. The summed E-state index contributed by atoms with van der Waals surface area (Å²) in [6, 6.07) is 8.81. The maximum atomic E-state index is 14.0. The zero-order valence-corrected chi connectivity index (χ0v) is 16.5. The van der Waals surface area contributed by atoms with Crippen LogP contribution in [0, 0.1) is 11.6 Å². The highest BCUT2D eigenvalue weighted by Gasteiger charge is 2.33. The minimum absolute atomic E-state index is 0.219. The van der Waals surface area contributed by atoms with E-state index in [9.17, 15) is 13.6 Å². The predicted molar refractivity (Wildman–Crippen MR) is 106 cm³/mol. The number of likely N-dealkylation sites (N-methyl/N-ethyl adjacent to an activating group) is 1. The van der Waals surface area contributed by atoms with E-state index < -0.39 is 18.0 Å². The van der Waals surface area contributed by atoms with Crippen LogP contribution in [-0.4, -0.2) is 45.6 Å². The first-order chi connectivity index (χ1) is 14.5. The van der Waals surface area contributed by atoms with Gasteiger partial charge >= 0.3 is 5.97 Å². The number of amidine groups is 1. The number of hydroxylamine groups is 2. The van der Waals surface area contributed by atoms with Crippen molar-refractivity contribution in [2.75, 3.05) is 13.2 Å². The second-order valence-corrected chi connectivity index (χ2v) is 6.62. The Morgan fingerprint density at radius 1 is 1.13 bits per heavy atom. The van der Waals surface area contributed by atoms with Gasteiger partial charge in [-0.3, -0.25) is 0 Å². The Hall–Kier alpha value is -3.33. The topological polar surface area (TPSA) is 68.4 Å². The summed E-state index contributed by atoms with van der Waals surface area (Å²) in [5.74, 6) is -0.870. The summed E-state index contributed by atoms with van der Waals surface area (Å²) in [6.07, 6.45) is 0.478. The smallest absolute Gasteiger partial charge is 0.361 e. The fraction of sp³-hybridized carbons (Fsp3) is 0.286. The highest BCUT2D eigenvalue weighted by atomic mass is 19.1. The van der Waals surface area contributed by atoms with Gasteiger partial charge in [-0.2, -0.15) is 0 Å². The van der Waals surface area contributed by atoms with Gasteiger partial charge < -0.3 is 9.14 Å². The molecule has 156 valence electrons. The summed E-state index contributed by atoms with van der Waals surface area (Å²) in [7, 11) is 0. The number of aromatic nitrogens is 2. The fourth-order valence-corrected chi connectivity index (χ4v) is 3.33. The number of halogens is 2. The van der Waals surface area contributed by atoms with Gasteiger partial charge in [0.2, 0.25) is 0 Å². The molecule has 0 fully saturated rings. The van der Waals surface area contributed by atoms with E-state index in [1.54, 1.807) is 29.5 Å². The average Bonchev–Trinajstić information content (AvgIpc) is 3.31. The molecule has 1 unspecified atom stereocenters. The van der Waals surface area contributed by atoms with Crippen molar-refractivity contribution in [3.63, 3.8) is 0 Å². The largest absolute Gasteiger partial charge is 0.463 e. The lowest BCUT2D eigenvalue weighted by Gasteiger charge is -2.17. The Kier molecular flexibility index (Phi) is 5.45. The summed E-state index contributed by atoms with van der Waals surface area (Å²) in [5.41, 5.74) is 2.43. The highest BCUT2D eigenvalue weighted by Crippen LogP contribution is 2.27. The maximum absolute atomic E-state index is 14.0. The molecule has 0 spiro atoms. The van der Waals surface area contributed by atoms with Crippen LogP contribution in [0.3, 0.4) is 0 Å². The van der Waals surface area contributed by atoms with Crippen LogP contribution in [0.15, 0.2) is 47.6 Å². The summed E-state index contributed by atoms with van der Waals surface area (Å²) in [5, 5.41) is 1.51. The number of carbonyl (C=O) groups excluding carboxylic acids is 1. The molecule has 3 aromatic rings. The van der Waals surface area contributed by atoms with E-state index in [4.69, 9.17) is 9.57 Å². The molecule has 1 aromatic carbocycles. The SMILES string of the molecule is CCOC(=O)C1N=C(Cc2c(-c3ccc(F)cc3)nc3ccc(F)cn23)N(CC)O1. The molecule has 0 radical (unpaired) electrons. The van der Waals surface area contributed by atoms with Crippen molar-refractivity contribution in [2.24, 2.45) is 4.99 Å². The first-order valence-electron chi connectivity index (χ1n) is 9.60. The molecule has 9 heteroatoms. The van der Waals surface area contributed by atoms with E-state index in [0.717, 1.165) is 0 Å². The lowest BCUT2D eigenvalue weighted by molar-refractivity contribution is -0.176. The molecule has 0 saturated carbocycles. The van der Waals surface area contributed by atoms with Crippen LogP contribution in [0.25, 0.3) is 16.9 Å². The zero-order chi connectivity index (χ0) is 21.3. The van der Waals surface area contributed by atoms with Crippen molar-refractivity contribution in [3.05, 3.63) is 59.9 Å². The molecule has 30 heavy (non-hydrogen) atoms. The normalized spacial score (nSPS) is 16.2. The molecular formula is C21H20F2N4O3. The molecule has 7 nitrogen and oxygen atoms in total. The monoisotopic (exact) mass is 414 g/mol. The van der Waals surface area contributed by atoms with Gasteiger partial charge in [0.15, 0.2) is 0 Å². The highest BCUT2D eigenvalue weighted by molar-refractivity contribution is 5.90. The number of imidazole rings is 1. The first kappa shape index (κ1) is 20.0. The Morgan fingerprint density at radius 2 is 1.87 bits per heavy atom. The number of esters is 1. The van der Waals surface area contributed by atoms with Crippen LogP contribution in [0.5, 0.6) is 0 Å². The minimum Gasteiger partial charge on any atom is -0.463 e. The van der Waals surface area contributed by atoms with Crippen molar-refractivity contribution in [1.29, 1.82) is 0 Å². The number of nitrogens with zero attached hydrogens (tertiary/aromatic N) is 4. The van der Waals surface area contributed by atoms with Gasteiger partial charge in [-0.25, -0.2) is 33.5 Å². The van der Waals surface area contributed by atoms with Gasteiger partial charge in [-0.05, 0) is 50.2 Å². The van der Waals surface area contributed by atoms with Gasteiger partial charge in [-0.1, -0.05) is 0 Å². The third kappa shape index (κ3) is 3.76. The lowest BCUT2D eigenvalue weighted by Crippen LogP contribution is -2.31. The molecule has 4 rings (SSSR count). The predicted octanol–water partition coefficient (Wildman–Crippen LogP) is 3.38. The third-order valence-corrected chi connectivity index (χ3v) is 4.68. The molecule has 0 aliphatic carbocycles. The summed E-state index contributed by atoms with van der Waals surface area (Å²) < 4.78 is 34.0. The maximum Gasteiger partial charge on any atom is 0.361 e. The third-order valence-electron chi connectivity index (χ3n) is 4.68. The number of hydrogen-bond donors (Lipinski definition) is 0. The van der Waals surface area contributed by atoms with Crippen LogP contribution in [0.4, 0.5) is 8.78 Å². The lowest BCUT2D eigenvalue weighted by atomic mass is 10.1. The van der Waals surface area contributed by atoms with Gasteiger partial charge in [-0.15, -0.1) is 0 Å². The van der Waals surface area contributed by atoms with Crippen molar-refractivity contribution in [1.82, 2.24) is 14.4 Å². The van der Waals surface area contributed by atoms with Crippen molar-refractivity contribution < 1.29 is 23.1 Å². The summed E-state index contributed by atoms with van der Waals surface area (Å²) >= 11 is 0. The number of ether oxygens (including phenoxy) is 1. The second-order valence-electron chi connectivity index (χ2n) is 6.62. The Balaban J connectivity index is 1.78. The number of carbonyl (C=O) groups is 1. The van der Waals surface area contributed by atoms with Gasteiger partial charge in [0.1, 0.15) is 23.1 Å². The number of fused-ring (bicyclic) bond motifs is 1. The van der Waals surface area contributed by atoms with Crippen molar-refractivity contribution >= 4 is 17.5 Å². The summed E-state index contributed by atoms with van der Waals surface area (Å²) in [4.78, 5) is 26.6. The number of aliphatic imine (C=N–C) groups is 1. The van der Waals surface area contributed by atoms with E-state index in [1.807, 2.05) is 6.92 Å². The van der Waals surface area contributed by atoms with Crippen molar-refractivity contribution in [3.8, 4) is 11.3 Å².